The second-order valence-corrected chi connectivity index (χ2v) is 3.26. The van der Waals surface area contributed by atoms with E-state index < -0.39 is 0 Å². The number of aliphatic hydroxyl groups excluding tert-OH is 1. The lowest BCUT2D eigenvalue weighted by Gasteiger charge is -2.19. The van der Waals surface area contributed by atoms with E-state index in [1.165, 1.54) is 5.57 Å². The maximum Gasteiger partial charge on any atom is 0.111 e. The van der Waals surface area contributed by atoms with Crippen LogP contribution in [0.4, 0.5) is 0 Å². The van der Waals surface area contributed by atoms with Crippen molar-refractivity contribution < 1.29 is 9.84 Å². The number of rotatable bonds is 3. The van der Waals surface area contributed by atoms with E-state index in [0.29, 0.717) is 12.5 Å². The van der Waals surface area contributed by atoms with E-state index >= 15 is 0 Å². The number of aliphatic hydroxyl groups is 1. The van der Waals surface area contributed by atoms with Crippen LogP contribution in [0.25, 0.3) is 0 Å². The fraction of sp³-hybridized carbons (Fsp3) is 0.600. The topological polar surface area (TPSA) is 29.5 Å². The molecule has 0 aliphatic heterocycles. The molecule has 2 nitrogen and oxygen atoms in total. The second kappa shape index (κ2) is 4.31. The van der Waals surface area contributed by atoms with Crippen molar-refractivity contribution in [1.82, 2.24) is 0 Å². The van der Waals surface area contributed by atoms with Gasteiger partial charge in [0, 0.05) is 5.92 Å². The van der Waals surface area contributed by atoms with Crippen molar-refractivity contribution in [1.29, 1.82) is 0 Å². The van der Waals surface area contributed by atoms with Crippen molar-refractivity contribution in [3.63, 3.8) is 0 Å². The molecule has 1 rings (SSSR count). The highest BCUT2D eigenvalue weighted by atomic mass is 16.5. The summed E-state index contributed by atoms with van der Waals surface area (Å²) in [7, 11) is 0. The fourth-order valence-corrected chi connectivity index (χ4v) is 1.39. The third kappa shape index (κ3) is 2.38. The van der Waals surface area contributed by atoms with Crippen LogP contribution in [0.5, 0.6) is 0 Å². The first-order valence-corrected chi connectivity index (χ1v) is 4.35. The average Bonchev–Trinajstić information content (AvgIpc) is 2.03. The molecule has 68 valence electrons. The molecule has 0 amide bonds. The van der Waals surface area contributed by atoms with Gasteiger partial charge in [0.15, 0.2) is 0 Å². The molecule has 1 aliphatic carbocycles. The fourth-order valence-electron chi connectivity index (χ4n) is 1.39. The average molecular weight is 168 g/mol. The van der Waals surface area contributed by atoms with E-state index in [2.05, 4.69) is 19.9 Å². The van der Waals surface area contributed by atoms with Crippen molar-refractivity contribution in [2.45, 2.75) is 20.3 Å². The summed E-state index contributed by atoms with van der Waals surface area (Å²) in [5, 5.41) is 8.57. The lowest BCUT2D eigenvalue weighted by Crippen LogP contribution is -2.09. The van der Waals surface area contributed by atoms with Gasteiger partial charge in [-0.3, -0.25) is 0 Å². The maximum atomic E-state index is 8.57. The van der Waals surface area contributed by atoms with Crippen molar-refractivity contribution >= 4 is 0 Å². The molecule has 0 spiro atoms. The molecule has 0 bridgehead atoms. The van der Waals surface area contributed by atoms with E-state index in [4.69, 9.17) is 9.84 Å². The Morgan fingerprint density at radius 2 is 2.33 bits per heavy atom. The zero-order valence-electron chi connectivity index (χ0n) is 7.71. The molecule has 1 N–H and O–H groups in total. The van der Waals surface area contributed by atoms with E-state index in [0.717, 1.165) is 12.2 Å². The highest BCUT2D eigenvalue weighted by Gasteiger charge is 2.13. The SMILES string of the molecule is CC1=CC=C(OCCO)C(C)C1. The zero-order valence-corrected chi connectivity index (χ0v) is 7.71. The van der Waals surface area contributed by atoms with E-state index in [-0.39, 0.29) is 6.61 Å². The van der Waals surface area contributed by atoms with Gasteiger partial charge in [-0.25, -0.2) is 0 Å². The predicted molar refractivity (Wildman–Crippen MR) is 48.7 cm³/mol. The highest BCUT2D eigenvalue weighted by molar-refractivity contribution is 5.21. The third-order valence-electron chi connectivity index (χ3n) is 2.01. The van der Waals surface area contributed by atoms with Crippen LogP contribution in [0.1, 0.15) is 20.3 Å². The van der Waals surface area contributed by atoms with Gasteiger partial charge in [-0.05, 0) is 19.4 Å². The number of allylic oxidation sites excluding steroid dienone is 4. The van der Waals surface area contributed by atoms with Gasteiger partial charge >= 0.3 is 0 Å². The van der Waals surface area contributed by atoms with Crippen LogP contribution in [-0.4, -0.2) is 18.3 Å². The summed E-state index contributed by atoms with van der Waals surface area (Å²) >= 11 is 0. The molecule has 2 heteroatoms. The molecule has 0 fully saturated rings. The minimum atomic E-state index is 0.0900. The number of ether oxygens (including phenoxy) is 1. The number of hydrogen-bond donors (Lipinski definition) is 1. The van der Waals surface area contributed by atoms with E-state index in [9.17, 15) is 0 Å². The Bertz CT molecular complexity index is 204. The molecule has 0 aromatic rings. The van der Waals surface area contributed by atoms with Crippen LogP contribution in [0.15, 0.2) is 23.5 Å². The molecule has 0 saturated heterocycles. The summed E-state index contributed by atoms with van der Waals surface area (Å²) in [5.74, 6) is 1.45. The van der Waals surface area contributed by atoms with Crippen molar-refractivity contribution in [3.05, 3.63) is 23.5 Å². The van der Waals surface area contributed by atoms with Crippen LogP contribution in [-0.2, 0) is 4.74 Å². The monoisotopic (exact) mass is 168 g/mol. The first-order chi connectivity index (χ1) is 5.74. The summed E-state index contributed by atoms with van der Waals surface area (Å²) in [6, 6.07) is 0. The van der Waals surface area contributed by atoms with Gasteiger partial charge in [-0.1, -0.05) is 18.6 Å². The molecular weight excluding hydrogens is 152 g/mol. The Balaban J connectivity index is 2.51. The standard InChI is InChI=1S/C10H16O2/c1-8-3-4-10(9(2)7-8)12-6-5-11/h3-4,9,11H,5-7H2,1-2H3. The lowest BCUT2D eigenvalue weighted by molar-refractivity contribution is 0.126. The second-order valence-electron chi connectivity index (χ2n) is 3.26. The van der Waals surface area contributed by atoms with Crippen molar-refractivity contribution in [2.75, 3.05) is 13.2 Å². The Hall–Kier alpha value is -0.760. The summed E-state index contributed by atoms with van der Waals surface area (Å²) in [6.45, 7) is 4.76. The molecule has 0 saturated carbocycles. The molecule has 0 aromatic heterocycles. The largest absolute Gasteiger partial charge is 0.495 e. The molecule has 12 heavy (non-hydrogen) atoms. The molecule has 1 atom stereocenters. The van der Waals surface area contributed by atoms with Gasteiger partial charge in [-0.2, -0.15) is 0 Å². The first kappa shape index (κ1) is 9.33. The van der Waals surface area contributed by atoms with E-state index in [1.54, 1.807) is 0 Å². The summed E-state index contributed by atoms with van der Waals surface area (Å²) in [4.78, 5) is 0. The van der Waals surface area contributed by atoms with Gasteiger partial charge in [0.1, 0.15) is 6.61 Å². The zero-order chi connectivity index (χ0) is 8.97. The summed E-state index contributed by atoms with van der Waals surface area (Å²) in [5.41, 5.74) is 1.39. The Labute approximate surface area is 73.5 Å². The summed E-state index contributed by atoms with van der Waals surface area (Å²) < 4.78 is 5.36. The van der Waals surface area contributed by atoms with Crippen molar-refractivity contribution in [2.24, 2.45) is 5.92 Å². The smallest absolute Gasteiger partial charge is 0.111 e. The minimum Gasteiger partial charge on any atom is -0.495 e. The van der Waals surface area contributed by atoms with Crippen LogP contribution in [0, 0.1) is 5.92 Å². The molecule has 0 radical (unpaired) electrons. The molecular formula is C10H16O2. The Kier molecular flexibility index (Phi) is 3.35. The van der Waals surface area contributed by atoms with Gasteiger partial charge in [0.2, 0.25) is 0 Å². The van der Waals surface area contributed by atoms with E-state index in [1.807, 2.05) is 6.08 Å². The van der Waals surface area contributed by atoms with Crippen LogP contribution < -0.4 is 0 Å². The normalized spacial score (nSPS) is 23.1. The lowest BCUT2D eigenvalue weighted by atomic mass is 9.95. The quantitative estimate of drug-likeness (QED) is 0.697. The van der Waals surface area contributed by atoms with Gasteiger partial charge in [0.05, 0.1) is 12.4 Å². The summed E-state index contributed by atoms with van der Waals surface area (Å²) in [6.07, 6.45) is 5.14. The predicted octanol–water partition coefficient (Wildman–Crippen LogP) is 1.87. The molecule has 0 aromatic carbocycles. The molecule has 0 heterocycles. The molecule has 1 aliphatic rings. The molecule has 1 unspecified atom stereocenters. The van der Waals surface area contributed by atoms with Gasteiger partial charge in [-0.15, -0.1) is 0 Å². The third-order valence-corrected chi connectivity index (χ3v) is 2.01. The highest BCUT2D eigenvalue weighted by Crippen LogP contribution is 2.24. The van der Waals surface area contributed by atoms with Crippen LogP contribution in [0.3, 0.4) is 0 Å². The maximum absolute atomic E-state index is 8.57. The van der Waals surface area contributed by atoms with Gasteiger partial charge < -0.3 is 9.84 Å². The van der Waals surface area contributed by atoms with Gasteiger partial charge in [0.25, 0.3) is 0 Å². The minimum absolute atomic E-state index is 0.0900. The Morgan fingerprint density at radius 1 is 1.58 bits per heavy atom. The number of hydrogen-bond acceptors (Lipinski definition) is 2. The van der Waals surface area contributed by atoms with Crippen LogP contribution >= 0.6 is 0 Å². The first-order valence-electron chi connectivity index (χ1n) is 4.35. The Morgan fingerprint density at radius 3 is 2.92 bits per heavy atom. The van der Waals surface area contributed by atoms with Crippen molar-refractivity contribution in [3.8, 4) is 0 Å². The van der Waals surface area contributed by atoms with Crippen LogP contribution in [0.2, 0.25) is 0 Å².